The van der Waals surface area contributed by atoms with Gasteiger partial charge in [0.25, 0.3) is 0 Å². The van der Waals surface area contributed by atoms with Gasteiger partial charge in [0.2, 0.25) is 5.88 Å². The summed E-state index contributed by atoms with van der Waals surface area (Å²) in [5, 5.41) is 13.5. The average molecular weight is 464 g/mol. The van der Waals surface area contributed by atoms with Crippen LogP contribution in [0.2, 0.25) is 0 Å². The maximum Gasteiger partial charge on any atom is 0.246 e. The molecule has 5 rings (SSSR count). The van der Waals surface area contributed by atoms with Crippen LogP contribution in [0.1, 0.15) is 82.3 Å². The molecule has 34 heavy (non-hydrogen) atoms. The summed E-state index contributed by atoms with van der Waals surface area (Å²) in [5.74, 6) is 2.16. The van der Waals surface area contributed by atoms with Gasteiger partial charge in [-0.1, -0.05) is 24.3 Å². The number of hydrogen-bond donors (Lipinski definition) is 3. The minimum atomic E-state index is -0.600. The standard InChI is InChI=1S/C27H37N5O2/c1-27(2)24(32-23-25(28)30-16-31-26(23)34-27)20-9-7-19(8-10-20)18-5-3-17(4-6-18)15-29-21-11-13-22(33)14-12-21/h7-10,16-18,21-22,29,33H,3-6,11-15H2,1-2H3,(H2,28,30,31). The van der Waals surface area contributed by atoms with Gasteiger partial charge in [0, 0.05) is 11.6 Å². The predicted molar refractivity (Wildman–Crippen MR) is 135 cm³/mol. The lowest BCUT2D eigenvalue weighted by atomic mass is 9.78. The van der Waals surface area contributed by atoms with Crippen molar-refractivity contribution >= 4 is 17.2 Å². The molecule has 182 valence electrons. The Kier molecular flexibility index (Phi) is 6.58. The number of nitrogens with zero attached hydrogens (tertiary/aromatic N) is 3. The summed E-state index contributed by atoms with van der Waals surface area (Å²) in [4.78, 5) is 13.1. The normalized spacial score (nSPS) is 28.5. The number of ether oxygens (including phenoxy) is 1. The molecule has 1 aliphatic heterocycles. The number of rotatable bonds is 5. The molecular weight excluding hydrogens is 426 g/mol. The highest BCUT2D eigenvalue weighted by Gasteiger charge is 2.35. The van der Waals surface area contributed by atoms with Crippen LogP contribution in [0.4, 0.5) is 11.5 Å². The van der Waals surface area contributed by atoms with E-state index < -0.39 is 5.60 Å². The van der Waals surface area contributed by atoms with E-state index in [1.807, 2.05) is 13.8 Å². The van der Waals surface area contributed by atoms with Gasteiger partial charge in [0.05, 0.1) is 11.8 Å². The molecule has 2 saturated carbocycles. The van der Waals surface area contributed by atoms with Crippen molar-refractivity contribution in [3.05, 3.63) is 41.7 Å². The van der Waals surface area contributed by atoms with Crippen LogP contribution in [0, 0.1) is 5.92 Å². The third-order valence-electron chi connectivity index (χ3n) is 7.86. The Hall–Kier alpha value is -2.51. The smallest absolute Gasteiger partial charge is 0.246 e. The molecule has 3 aliphatic rings. The molecule has 0 amide bonds. The first-order chi connectivity index (χ1) is 16.4. The zero-order valence-corrected chi connectivity index (χ0v) is 20.3. The average Bonchev–Trinajstić information content (AvgIpc) is 2.83. The third-order valence-corrected chi connectivity index (χ3v) is 7.86. The molecule has 0 bridgehead atoms. The molecule has 2 heterocycles. The van der Waals surface area contributed by atoms with Crippen LogP contribution in [-0.2, 0) is 0 Å². The van der Waals surface area contributed by atoms with Crippen molar-refractivity contribution in [1.82, 2.24) is 15.3 Å². The highest BCUT2D eigenvalue weighted by Crippen LogP contribution is 2.40. The number of aliphatic hydroxyl groups excluding tert-OH is 1. The number of aromatic nitrogens is 2. The van der Waals surface area contributed by atoms with Crippen molar-refractivity contribution in [2.75, 3.05) is 12.3 Å². The fourth-order valence-electron chi connectivity index (χ4n) is 5.73. The highest BCUT2D eigenvalue weighted by molar-refractivity contribution is 6.09. The van der Waals surface area contributed by atoms with E-state index in [1.165, 1.54) is 37.6 Å². The summed E-state index contributed by atoms with van der Waals surface area (Å²) in [5.41, 5.74) is 9.23. The Labute approximate surface area is 202 Å². The molecule has 7 heteroatoms. The number of benzene rings is 1. The second-order valence-corrected chi connectivity index (χ2v) is 10.7. The predicted octanol–water partition coefficient (Wildman–Crippen LogP) is 4.52. The lowest BCUT2D eigenvalue weighted by Crippen LogP contribution is -2.41. The lowest BCUT2D eigenvalue weighted by Gasteiger charge is -2.33. The Bertz CT molecular complexity index is 1020. The maximum absolute atomic E-state index is 9.70. The van der Waals surface area contributed by atoms with E-state index in [0.717, 1.165) is 49.4 Å². The van der Waals surface area contributed by atoms with E-state index in [0.29, 0.717) is 29.3 Å². The van der Waals surface area contributed by atoms with Gasteiger partial charge in [-0.2, -0.15) is 4.98 Å². The van der Waals surface area contributed by atoms with E-state index in [9.17, 15) is 5.11 Å². The minimum Gasteiger partial charge on any atom is -0.463 e. The van der Waals surface area contributed by atoms with Crippen molar-refractivity contribution in [2.24, 2.45) is 10.9 Å². The molecule has 1 aromatic carbocycles. The largest absolute Gasteiger partial charge is 0.463 e. The maximum atomic E-state index is 9.70. The lowest BCUT2D eigenvalue weighted by molar-refractivity contribution is 0.115. The Balaban J connectivity index is 1.19. The second-order valence-electron chi connectivity index (χ2n) is 10.7. The highest BCUT2D eigenvalue weighted by atomic mass is 16.5. The van der Waals surface area contributed by atoms with Crippen molar-refractivity contribution in [1.29, 1.82) is 0 Å². The molecule has 4 N–H and O–H groups in total. The topological polar surface area (TPSA) is 106 Å². The fraction of sp³-hybridized carbons (Fsp3) is 0.593. The first-order valence-corrected chi connectivity index (χ1v) is 12.8. The van der Waals surface area contributed by atoms with Crippen molar-refractivity contribution in [3.8, 4) is 5.88 Å². The first-order valence-electron chi connectivity index (χ1n) is 12.8. The van der Waals surface area contributed by atoms with Crippen LogP contribution < -0.4 is 15.8 Å². The molecule has 0 spiro atoms. The quantitative estimate of drug-likeness (QED) is 0.602. The minimum absolute atomic E-state index is 0.0772. The summed E-state index contributed by atoms with van der Waals surface area (Å²) < 4.78 is 6.12. The van der Waals surface area contributed by atoms with Crippen LogP contribution in [0.15, 0.2) is 35.6 Å². The van der Waals surface area contributed by atoms with Crippen LogP contribution in [0.25, 0.3) is 0 Å². The molecule has 0 saturated heterocycles. The number of anilines is 1. The second kappa shape index (κ2) is 9.62. The van der Waals surface area contributed by atoms with Gasteiger partial charge in [-0.05, 0) is 89.2 Å². The number of fused-ring (bicyclic) bond motifs is 1. The molecule has 0 atom stereocenters. The SMILES string of the molecule is CC1(C)Oc2ncnc(N)c2N=C1c1ccc(C2CCC(CNC3CCC(O)CC3)CC2)cc1. The number of nitrogen functional groups attached to an aromatic ring is 1. The van der Waals surface area contributed by atoms with Crippen LogP contribution in [0.5, 0.6) is 5.88 Å². The molecule has 7 nitrogen and oxygen atoms in total. The summed E-state index contributed by atoms with van der Waals surface area (Å²) >= 11 is 0. The van der Waals surface area contributed by atoms with Gasteiger partial charge in [0.1, 0.15) is 11.9 Å². The molecule has 0 radical (unpaired) electrons. The number of aliphatic hydroxyl groups is 1. The van der Waals surface area contributed by atoms with E-state index in [2.05, 4.69) is 39.6 Å². The van der Waals surface area contributed by atoms with E-state index >= 15 is 0 Å². The Morgan fingerprint density at radius 2 is 1.71 bits per heavy atom. The van der Waals surface area contributed by atoms with Gasteiger partial charge in [-0.15, -0.1) is 0 Å². The van der Waals surface area contributed by atoms with Crippen LogP contribution in [-0.4, -0.2) is 45.1 Å². The number of aliphatic imine (C=N–C) groups is 1. The fourth-order valence-corrected chi connectivity index (χ4v) is 5.73. The van der Waals surface area contributed by atoms with Gasteiger partial charge in [-0.3, -0.25) is 0 Å². The van der Waals surface area contributed by atoms with E-state index in [-0.39, 0.29) is 6.10 Å². The molecule has 2 aromatic rings. The van der Waals surface area contributed by atoms with E-state index in [1.54, 1.807) is 0 Å². The van der Waals surface area contributed by atoms with Gasteiger partial charge < -0.3 is 20.9 Å². The summed E-state index contributed by atoms with van der Waals surface area (Å²) in [7, 11) is 0. The van der Waals surface area contributed by atoms with Crippen molar-refractivity contribution < 1.29 is 9.84 Å². The van der Waals surface area contributed by atoms with Crippen LogP contribution in [0.3, 0.4) is 0 Å². The zero-order valence-electron chi connectivity index (χ0n) is 20.3. The van der Waals surface area contributed by atoms with E-state index in [4.69, 9.17) is 15.5 Å². The summed E-state index contributed by atoms with van der Waals surface area (Å²) in [6.45, 7) is 5.13. The Morgan fingerprint density at radius 1 is 1.00 bits per heavy atom. The third kappa shape index (κ3) is 4.96. The molecule has 2 aliphatic carbocycles. The monoisotopic (exact) mass is 463 g/mol. The molecule has 1 aromatic heterocycles. The Morgan fingerprint density at radius 3 is 2.41 bits per heavy atom. The zero-order chi connectivity index (χ0) is 23.7. The molecule has 0 unspecified atom stereocenters. The van der Waals surface area contributed by atoms with Crippen LogP contribution >= 0.6 is 0 Å². The summed E-state index contributed by atoms with van der Waals surface area (Å²) in [6.07, 6.45) is 10.5. The number of hydrogen-bond acceptors (Lipinski definition) is 7. The van der Waals surface area contributed by atoms with Gasteiger partial charge in [-0.25, -0.2) is 9.98 Å². The van der Waals surface area contributed by atoms with Crippen molar-refractivity contribution in [3.63, 3.8) is 0 Å². The first kappa shape index (κ1) is 23.2. The molecule has 2 fully saturated rings. The number of nitrogens with one attached hydrogen (secondary N) is 1. The molecular formula is C27H37N5O2. The van der Waals surface area contributed by atoms with Crippen molar-refractivity contribution in [2.45, 2.75) is 88.9 Å². The number of nitrogens with two attached hydrogens (primary N) is 1. The van der Waals surface area contributed by atoms with Gasteiger partial charge in [0.15, 0.2) is 11.5 Å². The van der Waals surface area contributed by atoms with Gasteiger partial charge >= 0.3 is 0 Å². The summed E-state index contributed by atoms with van der Waals surface area (Å²) in [6, 6.07) is 9.43.